The highest BCUT2D eigenvalue weighted by Gasteiger charge is 2.37. The topological polar surface area (TPSA) is 205 Å². The predicted molar refractivity (Wildman–Crippen MR) is 111 cm³/mol. The van der Waals surface area contributed by atoms with Gasteiger partial charge in [-0.3, -0.25) is 28.8 Å². The molecule has 3 amide bonds. The van der Waals surface area contributed by atoms with Gasteiger partial charge in [0.15, 0.2) is 0 Å². The van der Waals surface area contributed by atoms with Gasteiger partial charge in [0, 0.05) is 37.8 Å². The minimum Gasteiger partial charge on any atom is -0.481 e. The maximum absolute atomic E-state index is 12.8. The van der Waals surface area contributed by atoms with E-state index in [9.17, 15) is 28.8 Å². The van der Waals surface area contributed by atoms with Crippen molar-refractivity contribution in [3.05, 3.63) is 0 Å². The Morgan fingerprint density at radius 2 is 1.41 bits per heavy atom. The zero-order chi connectivity index (χ0) is 24.3. The van der Waals surface area contributed by atoms with Crippen LogP contribution in [0.3, 0.4) is 0 Å². The van der Waals surface area contributed by atoms with Gasteiger partial charge in [-0.2, -0.15) is 0 Å². The van der Waals surface area contributed by atoms with Gasteiger partial charge in [0.25, 0.3) is 0 Å². The Balaban J connectivity index is 2.93. The summed E-state index contributed by atoms with van der Waals surface area (Å²) in [6, 6.07) is -2.47. The lowest BCUT2D eigenvalue weighted by Gasteiger charge is -2.24. The van der Waals surface area contributed by atoms with Crippen LogP contribution in [0.25, 0.3) is 0 Å². The summed E-state index contributed by atoms with van der Waals surface area (Å²) in [5, 5.41) is 25.3. The first kappa shape index (κ1) is 27.0. The molecule has 180 valence electrons. The van der Waals surface area contributed by atoms with Gasteiger partial charge in [-0.25, -0.2) is 0 Å². The summed E-state index contributed by atoms with van der Waals surface area (Å²) in [5.74, 6) is -5.50. The molecule has 0 radical (unpaired) electrons. The third-order valence-corrected chi connectivity index (χ3v) is 5.38. The molecule has 0 aromatic heterocycles. The number of hydrogen-bond acceptors (Lipinski definition) is 7. The summed E-state index contributed by atoms with van der Waals surface area (Å²) in [6.07, 6.45) is 0.483. The van der Waals surface area contributed by atoms with Crippen LogP contribution in [0.2, 0.25) is 0 Å². The van der Waals surface area contributed by atoms with Crippen LogP contribution < -0.4 is 21.7 Å². The van der Waals surface area contributed by atoms with Gasteiger partial charge in [0.1, 0.15) is 17.9 Å². The van der Waals surface area contributed by atoms with E-state index in [1.165, 1.54) is 6.92 Å². The fourth-order valence-corrected chi connectivity index (χ4v) is 3.70. The van der Waals surface area contributed by atoms with E-state index in [1.54, 1.807) is 0 Å². The highest BCUT2D eigenvalue weighted by Crippen LogP contribution is 2.32. The molecule has 1 saturated carbocycles. The quantitative estimate of drug-likeness (QED) is 0.185. The molecule has 0 heterocycles. The molecular formula is C20H32N4O8. The first-order valence-electron chi connectivity index (χ1n) is 10.6. The van der Waals surface area contributed by atoms with Crippen molar-refractivity contribution >= 4 is 35.4 Å². The van der Waals surface area contributed by atoms with Crippen LogP contribution >= 0.6 is 0 Å². The van der Waals surface area contributed by atoms with E-state index in [-0.39, 0.29) is 31.7 Å². The summed E-state index contributed by atoms with van der Waals surface area (Å²) in [5.41, 5.74) is 5.34. The molecule has 0 saturated heterocycles. The van der Waals surface area contributed by atoms with Gasteiger partial charge in [-0.15, -0.1) is 0 Å². The third kappa shape index (κ3) is 9.00. The Hall–Kier alpha value is -3.02. The Kier molecular flexibility index (Phi) is 11.3. The molecule has 0 spiro atoms. The number of amides is 3. The molecule has 1 aliphatic carbocycles. The highest BCUT2D eigenvalue weighted by atomic mass is 16.4. The molecule has 0 bridgehead atoms. The van der Waals surface area contributed by atoms with Crippen molar-refractivity contribution in [1.82, 2.24) is 16.0 Å². The molecule has 0 aliphatic heterocycles. The number of rotatable bonds is 14. The van der Waals surface area contributed by atoms with Crippen LogP contribution in [0, 0.1) is 11.8 Å². The van der Waals surface area contributed by atoms with Gasteiger partial charge >= 0.3 is 11.9 Å². The molecular weight excluding hydrogens is 424 g/mol. The fraction of sp³-hybridized carbons (Fsp3) is 0.700. The maximum Gasteiger partial charge on any atom is 0.303 e. The number of carboxylic acids is 2. The lowest BCUT2D eigenvalue weighted by molar-refractivity contribution is -0.140. The fourth-order valence-electron chi connectivity index (χ4n) is 3.70. The van der Waals surface area contributed by atoms with Crippen molar-refractivity contribution in [2.75, 3.05) is 13.1 Å². The van der Waals surface area contributed by atoms with Gasteiger partial charge in [0.05, 0.1) is 0 Å². The maximum atomic E-state index is 12.8. The average Bonchev–Trinajstić information content (AvgIpc) is 3.22. The van der Waals surface area contributed by atoms with Crippen molar-refractivity contribution in [2.24, 2.45) is 17.6 Å². The van der Waals surface area contributed by atoms with E-state index in [1.807, 2.05) is 0 Å². The summed E-state index contributed by atoms with van der Waals surface area (Å²) >= 11 is 0. The van der Waals surface area contributed by atoms with E-state index in [0.29, 0.717) is 19.3 Å². The Morgan fingerprint density at radius 3 is 1.91 bits per heavy atom. The smallest absolute Gasteiger partial charge is 0.303 e. The molecule has 1 aliphatic rings. The number of carbonyl (C=O) groups excluding carboxylic acids is 4. The lowest BCUT2D eigenvalue weighted by atomic mass is 9.91. The van der Waals surface area contributed by atoms with Crippen LogP contribution in [-0.4, -0.2) is 70.8 Å². The number of nitrogens with one attached hydrogen (secondary N) is 3. The van der Waals surface area contributed by atoms with Crippen molar-refractivity contribution in [2.45, 2.75) is 64.0 Å². The molecule has 4 unspecified atom stereocenters. The second-order valence-corrected chi connectivity index (χ2v) is 7.82. The van der Waals surface area contributed by atoms with E-state index in [2.05, 4.69) is 16.0 Å². The first-order chi connectivity index (χ1) is 15.1. The third-order valence-electron chi connectivity index (χ3n) is 5.38. The van der Waals surface area contributed by atoms with Crippen molar-refractivity contribution in [3.8, 4) is 0 Å². The number of carbonyl (C=O) groups is 6. The molecule has 1 rings (SSSR count). The Labute approximate surface area is 185 Å². The number of nitrogens with two attached hydrogens (primary N) is 1. The van der Waals surface area contributed by atoms with Crippen LogP contribution in [0.4, 0.5) is 0 Å². The molecule has 0 aromatic rings. The van der Waals surface area contributed by atoms with Gasteiger partial charge in [0.2, 0.25) is 17.7 Å². The zero-order valence-electron chi connectivity index (χ0n) is 18.1. The highest BCUT2D eigenvalue weighted by molar-refractivity contribution is 5.94. The number of Topliss-reactive ketones (excluding diaryl/α,β-unsaturated/α-hetero) is 1. The number of carboxylic acid groups (broad SMARTS) is 2. The first-order valence-corrected chi connectivity index (χ1v) is 10.6. The molecule has 0 aromatic carbocycles. The number of ketones is 1. The summed E-state index contributed by atoms with van der Waals surface area (Å²) in [4.78, 5) is 71.5. The number of aliphatic carboxylic acids is 2. The molecule has 12 heteroatoms. The molecule has 1 fully saturated rings. The largest absolute Gasteiger partial charge is 0.481 e. The predicted octanol–water partition coefficient (Wildman–Crippen LogP) is -1.23. The van der Waals surface area contributed by atoms with Crippen LogP contribution in [-0.2, 0) is 28.8 Å². The standard InChI is InChI=1S/C20H32N4O8/c1-11(25)12-3-2-4-13(12)18(30)23-15(6-8-17(28)29)20(32)24-14(5-7-16(26)27)19(31)22-10-9-21/h12-15H,2-10,21H2,1H3,(H,22,31)(H,23,30)(H,24,32)(H,26,27)(H,28,29). The molecule has 12 nitrogen and oxygen atoms in total. The normalized spacial score (nSPS) is 19.4. The molecule has 7 N–H and O–H groups in total. The monoisotopic (exact) mass is 456 g/mol. The SMILES string of the molecule is CC(=O)C1CCCC1C(=O)NC(CCC(=O)O)C(=O)NC(CCC(=O)O)C(=O)NCCN. The molecule has 32 heavy (non-hydrogen) atoms. The van der Waals surface area contributed by atoms with Crippen LogP contribution in [0.5, 0.6) is 0 Å². The summed E-state index contributed by atoms with van der Waals surface area (Å²) in [6.45, 7) is 1.66. The summed E-state index contributed by atoms with van der Waals surface area (Å²) < 4.78 is 0. The van der Waals surface area contributed by atoms with Crippen LogP contribution in [0.1, 0.15) is 51.9 Å². The average molecular weight is 456 g/mol. The van der Waals surface area contributed by atoms with Crippen molar-refractivity contribution < 1.29 is 39.0 Å². The summed E-state index contributed by atoms with van der Waals surface area (Å²) in [7, 11) is 0. The van der Waals surface area contributed by atoms with Gasteiger partial charge < -0.3 is 31.9 Å². The van der Waals surface area contributed by atoms with E-state index >= 15 is 0 Å². The zero-order valence-corrected chi connectivity index (χ0v) is 18.1. The van der Waals surface area contributed by atoms with E-state index < -0.39 is 66.4 Å². The number of hydrogen-bond donors (Lipinski definition) is 6. The van der Waals surface area contributed by atoms with Gasteiger partial charge in [-0.05, 0) is 32.6 Å². The van der Waals surface area contributed by atoms with E-state index in [0.717, 1.165) is 0 Å². The molecule has 4 atom stereocenters. The minimum atomic E-state index is -1.26. The van der Waals surface area contributed by atoms with Crippen molar-refractivity contribution in [1.29, 1.82) is 0 Å². The Bertz CT molecular complexity index is 726. The lowest BCUT2D eigenvalue weighted by Crippen LogP contribution is -2.55. The minimum absolute atomic E-state index is 0.117. The Morgan fingerprint density at radius 1 is 0.875 bits per heavy atom. The second kappa shape index (κ2) is 13.4. The second-order valence-electron chi connectivity index (χ2n) is 7.82. The van der Waals surface area contributed by atoms with Crippen molar-refractivity contribution in [3.63, 3.8) is 0 Å². The van der Waals surface area contributed by atoms with Gasteiger partial charge in [-0.1, -0.05) is 6.42 Å². The van der Waals surface area contributed by atoms with Crippen LogP contribution in [0.15, 0.2) is 0 Å². The van der Waals surface area contributed by atoms with E-state index in [4.69, 9.17) is 15.9 Å².